The summed E-state index contributed by atoms with van der Waals surface area (Å²) in [4.78, 5) is 10.4. The first-order chi connectivity index (χ1) is 5.61. The maximum absolute atomic E-state index is 10.4. The lowest BCUT2D eigenvalue weighted by atomic mass is 9.98. The average Bonchev–Trinajstić information content (AvgIpc) is 2.05. The van der Waals surface area contributed by atoms with Gasteiger partial charge in [0.15, 0.2) is 0 Å². The van der Waals surface area contributed by atoms with E-state index in [4.69, 9.17) is 5.11 Å². The first kappa shape index (κ1) is 11.2. The zero-order valence-electron chi connectivity index (χ0n) is 8.13. The Labute approximate surface area is 74.3 Å². The van der Waals surface area contributed by atoms with E-state index < -0.39 is 5.97 Å². The van der Waals surface area contributed by atoms with Gasteiger partial charge < -0.3 is 5.11 Å². The van der Waals surface area contributed by atoms with Crippen LogP contribution in [0.5, 0.6) is 0 Å². The minimum Gasteiger partial charge on any atom is -0.478 e. The Bertz CT molecular complexity index is 167. The Morgan fingerprint density at radius 2 is 1.92 bits per heavy atom. The van der Waals surface area contributed by atoms with Crippen molar-refractivity contribution in [1.82, 2.24) is 0 Å². The van der Waals surface area contributed by atoms with Gasteiger partial charge in [0.1, 0.15) is 0 Å². The average molecular weight is 170 g/mol. The number of rotatable bonds is 5. The predicted octanol–water partition coefficient (Wildman–Crippen LogP) is 2.84. The maximum atomic E-state index is 10.4. The lowest BCUT2D eigenvalue weighted by molar-refractivity contribution is -0.132. The summed E-state index contributed by atoms with van der Waals surface area (Å²) >= 11 is 0. The molecule has 0 unspecified atom stereocenters. The molecule has 70 valence electrons. The molecule has 0 amide bonds. The molecule has 0 aliphatic carbocycles. The van der Waals surface area contributed by atoms with E-state index in [2.05, 4.69) is 13.8 Å². The monoisotopic (exact) mass is 170 g/mol. The van der Waals surface area contributed by atoms with Crippen molar-refractivity contribution in [3.8, 4) is 0 Å². The minimum atomic E-state index is -0.805. The molecule has 0 aromatic heterocycles. The topological polar surface area (TPSA) is 37.3 Å². The molecule has 0 aromatic carbocycles. The Morgan fingerprint density at radius 3 is 2.25 bits per heavy atom. The SMILES string of the molecule is CCC(CC)C/C=C(\C)C(=O)O. The highest BCUT2D eigenvalue weighted by Gasteiger charge is 2.03. The van der Waals surface area contributed by atoms with Crippen LogP contribution in [0.15, 0.2) is 11.6 Å². The maximum Gasteiger partial charge on any atom is 0.330 e. The molecule has 2 heteroatoms. The van der Waals surface area contributed by atoms with Crippen LogP contribution in [0.25, 0.3) is 0 Å². The molecule has 0 rings (SSSR count). The van der Waals surface area contributed by atoms with Crippen LogP contribution in [0, 0.1) is 5.92 Å². The lowest BCUT2D eigenvalue weighted by Gasteiger charge is -2.08. The first-order valence-electron chi connectivity index (χ1n) is 4.51. The molecule has 12 heavy (non-hydrogen) atoms. The summed E-state index contributed by atoms with van der Waals surface area (Å²) in [5.41, 5.74) is 0.460. The van der Waals surface area contributed by atoms with Crippen molar-refractivity contribution in [3.05, 3.63) is 11.6 Å². The highest BCUT2D eigenvalue weighted by molar-refractivity contribution is 5.85. The number of carboxylic acid groups (broad SMARTS) is 1. The fraction of sp³-hybridized carbons (Fsp3) is 0.700. The summed E-state index contributed by atoms with van der Waals surface area (Å²) in [6.45, 7) is 5.92. The van der Waals surface area contributed by atoms with E-state index in [-0.39, 0.29) is 0 Å². The van der Waals surface area contributed by atoms with Crippen LogP contribution in [-0.4, -0.2) is 11.1 Å². The zero-order chi connectivity index (χ0) is 9.56. The highest BCUT2D eigenvalue weighted by atomic mass is 16.4. The van der Waals surface area contributed by atoms with Gasteiger partial charge in [-0.25, -0.2) is 4.79 Å². The number of hydrogen-bond acceptors (Lipinski definition) is 1. The quantitative estimate of drug-likeness (QED) is 0.644. The van der Waals surface area contributed by atoms with Gasteiger partial charge in [-0.05, 0) is 19.3 Å². The van der Waals surface area contributed by atoms with E-state index in [1.165, 1.54) is 0 Å². The van der Waals surface area contributed by atoms with Crippen LogP contribution < -0.4 is 0 Å². The van der Waals surface area contributed by atoms with Crippen molar-refractivity contribution < 1.29 is 9.90 Å². The van der Waals surface area contributed by atoms with Gasteiger partial charge in [-0.1, -0.05) is 32.8 Å². The molecule has 0 aliphatic heterocycles. The largest absolute Gasteiger partial charge is 0.478 e. The van der Waals surface area contributed by atoms with E-state index in [0.29, 0.717) is 11.5 Å². The molecule has 1 N–H and O–H groups in total. The van der Waals surface area contributed by atoms with Crippen molar-refractivity contribution in [2.45, 2.75) is 40.0 Å². The van der Waals surface area contributed by atoms with Crippen molar-refractivity contribution >= 4 is 5.97 Å². The molecule has 0 heterocycles. The summed E-state index contributed by atoms with van der Waals surface area (Å²) in [6.07, 6.45) is 4.96. The van der Waals surface area contributed by atoms with Gasteiger partial charge in [-0.15, -0.1) is 0 Å². The zero-order valence-corrected chi connectivity index (χ0v) is 8.13. The molecular formula is C10H18O2. The van der Waals surface area contributed by atoms with E-state index in [9.17, 15) is 4.79 Å². The third kappa shape index (κ3) is 4.16. The fourth-order valence-corrected chi connectivity index (χ4v) is 1.05. The molecule has 0 bridgehead atoms. The summed E-state index contributed by atoms with van der Waals surface area (Å²) in [5.74, 6) is -0.166. The lowest BCUT2D eigenvalue weighted by Crippen LogP contribution is -1.99. The highest BCUT2D eigenvalue weighted by Crippen LogP contribution is 2.14. The first-order valence-corrected chi connectivity index (χ1v) is 4.51. The van der Waals surface area contributed by atoms with E-state index in [1.54, 1.807) is 6.92 Å². The molecule has 0 aromatic rings. The second-order valence-electron chi connectivity index (χ2n) is 3.11. The molecule has 0 fully saturated rings. The van der Waals surface area contributed by atoms with Gasteiger partial charge in [0.25, 0.3) is 0 Å². The second kappa shape index (κ2) is 5.81. The Hall–Kier alpha value is -0.790. The van der Waals surface area contributed by atoms with Gasteiger partial charge in [0.2, 0.25) is 0 Å². The standard InChI is InChI=1S/C10H18O2/c1-4-9(5-2)7-6-8(3)10(11)12/h6,9H,4-5,7H2,1-3H3,(H,11,12)/b8-6+. The van der Waals surface area contributed by atoms with Gasteiger partial charge in [-0.2, -0.15) is 0 Å². The summed E-state index contributed by atoms with van der Waals surface area (Å²) < 4.78 is 0. The van der Waals surface area contributed by atoms with Crippen LogP contribution in [0.2, 0.25) is 0 Å². The number of hydrogen-bond donors (Lipinski definition) is 1. The second-order valence-corrected chi connectivity index (χ2v) is 3.11. The third-order valence-electron chi connectivity index (χ3n) is 2.25. The third-order valence-corrected chi connectivity index (χ3v) is 2.25. The molecule has 0 radical (unpaired) electrons. The van der Waals surface area contributed by atoms with Crippen LogP contribution in [0.4, 0.5) is 0 Å². The molecule has 0 atom stereocenters. The smallest absolute Gasteiger partial charge is 0.330 e. The molecular weight excluding hydrogens is 152 g/mol. The Kier molecular flexibility index (Phi) is 5.43. The summed E-state index contributed by atoms with van der Waals surface area (Å²) in [6, 6.07) is 0. The van der Waals surface area contributed by atoms with Gasteiger partial charge >= 0.3 is 5.97 Å². The van der Waals surface area contributed by atoms with Crippen molar-refractivity contribution in [1.29, 1.82) is 0 Å². The van der Waals surface area contributed by atoms with Gasteiger partial charge in [0.05, 0.1) is 0 Å². The summed E-state index contributed by atoms with van der Waals surface area (Å²) in [5, 5.41) is 8.57. The van der Waals surface area contributed by atoms with Crippen LogP contribution in [0.3, 0.4) is 0 Å². The molecule has 0 aliphatic rings. The number of carboxylic acids is 1. The normalized spacial score (nSPS) is 12.2. The molecule has 0 saturated heterocycles. The number of aliphatic carboxylic acids is 1. The van der Waals surface area contributed by atoms with E-state index >= 15 is 0 Å². The van der Waals surface area contributed by atoms with E-state index in [1.807, 2.05) is 6.08 Å². The molecule has 0 spiro atoms. The van der Waals surface area contributed by atoms with Crippen LogP contribution >= 0.6 is 0 Å². The number of allylic oxidation sites excluding steroid dienone is 1. The minimum absolute atomic E-state index is 0.460. The van der Waals surface area contributed by atoms with E-state index in [0.717, 1.165) is 19.3 Å². The van der Waals surface area contributed by atoms with Gasteiger partial charge in [0, 0.05) is 5.57 Å². The molecule has 0 saturated carbocycles. The van der Waals surface area contributed by atoms with Crippen LogP contribution in [0.1, 0.15) is 40.0 Å². The fourth-order valence-electron chi connectivity index (χ4n) is 1.05. The Balaban J connectivity index is 3.93. The predicted molar refractivity (Wildman–Crippen MR) is 50.1 cm³/mol. The van der Waals surface area contributed by atoms with Crippen molar-refractivity contribution in [3.63, 3.8) is 0 Å². The van der Waals surface area contributed by atoms with Crippen molar-refractivity contribution in [2.24, 2.45) is 5.92 Å². The number of carbonyl (C=O) groups is 1. The Morgan fingerprint density at radius 1 is 1.42 bits per heavy atom. The van der Waals surface area contributed by atoms with Gasteiger partial charge in [-0.3, -0.25) is 0 Å². The van der Waals surface area contributed by atoms with Crippen LogP contribution in [-0.2, 0) is 4.79 Å². The molecule has 2 nitrogen and oxygen atoms in total. The van der Waals surface area contributed by atoms with Crippen molar-refractivity contribution in [2.75, 3.05) is 0 Å². The summed E-state index contributed by atoms with van der Waals surface area (Å²) in [7, 11) is 0.